The van der Waals surface area contributed by atoms with E-state index in [-0.39, 0.29) is 36.1 Å². The molecule has 3 N–H and O–H groups in total. The Kier molecular flexibility index (Phi) is 7.76. The van der Waals surface area contributed by atoms with Crippen molar-refractivity contribution in [1.82, 2.24) is 10.6 Å². The second-order valence-corrected chi connectivity index (χ2v) is 6.38. The monoisotopic (exact) mass is 391 g/mol. The van der Waals surface area contributed by atoms with Gasteiger partial charge >= 0.3 is 0 Å². The molecule has 1 aliphatic heterocycles. The van der Waals surface area contributed by atoms with E-state index >= 15 is 0 Å². The minimum absolute atomic E-state index is 0. The van der Waals surface area contributed by atoms with Crippen molar-refractivity contribution in [2.75, 3.05) is 11.9 Å². The molecule has 27 heavy (non-hydrogen) atoms. The van der Waals surface area contributed by atoms with Crippen LogP contribution >= 0.6 is 12.4 Å². The maximum atomic E-state index is 12.9. The number of carbonyl (C=O) groups is 2. The summed E-state index contributed by atoms with van der Waals surface area (Å²) in [6, 6.07) is 12.5. The third kappa shape index (κ3) is 6.05. The fraction of sp³-hybridized carbons (Fsp3) is 0.300. The maximum Gasteiger partial charge on any atom is 0.255 e. The van der Waals surface area contributed by atoms with Crippen LogP contribution in [-0.2, 0) is 11.3 Å². The van der Waals surface area contributed by atoms with Crippen molar-refractivity contribution in [2.24, 2.45) is 0 Å². The minimum atomic E-state index is -0.349. The van der Waals surface area contributed by atoms with Gasteiger partial charge in [-0.3, -0.25) is 9.59 Å². The number of piperidine rings is 1. The first-order chi connectivity index (χ1) is 12.6. The van der Waals surface area contributed by atoms with Crippen molar-refractivity contribution in [3.05, 3.63) is 65.5 Å². The van der Waals surface area contributed by atoms with Crippen molar-refractivity contribution >= 4 is 29.9 Å². The molecule has 2 amide bonds. The van der Waals surface area contributed by atoms with E-state index in [1.54, 1.807) is 12.1 Å². The molecule has 1 atom stereocenters. The van der Waals surface area contributed by atoms with E-state index in [0.29, 0.717) is 17.8 Å². The number of benzene rings is 2. The lowest BCUT2D eigenvalue weighted by atomic mass is 10.0. The van der Waals surface area contributed by atoms with E-state index in [1.165, 1.54) is 24.3 Å². The fourth-order valence-corrected chi connectivity index (χ4v) is 2.90. The Morgan fingerprint density at radius 2 is 1.74 bits per heavy atom. The predicted molar refractivity (Wildman–Crippen MR) is 106 cm³/mol. The molecular weight excluding hydrogens is 369 g/mol. The first-order valence-corrected chi connectivity index (χ1v) is 8.79. The summed E-state index contributed by atoms with van der Waals surface area (Å²) < 4.78 is 12.9. The molecule has 1 heterocycles. The predicted octanol–water partition coefficient (Wildman–Crippen LogP) is 3.26. The number of halogens is 2. The van der Waals surface area contributed by atoms with Crippen molar-refractivity contribution < 1.29 is 14.0 Å². The summed E-state index contributed by atoms with van der Waals surface area (Å²) in [6.45, 7) is 1.31. The third-order valence-corrected chi connectivity index (χ3v) is 4.41. The van der Waals surface area contributed by atoms with Gasteiger partial charge in [0, 0.05) is 17.8 Å². The van der Waals surface area contributed by atoms with Gasteiger partial charge in [-0.15, -0.1) is 12.4 Å². The highest BCUT2D eigenvalue weighted by molar-refractivity contribution is 6.04. The number of nitrogens with one attached hydrogen (secondary N) is 3. The number of rotatable bonds is 5. The van der Waals surface area contributed by atoms with Gasteiger partial charge < -0.3 is 16.0 Å². The molecule has 1 saturated heterocycles. The molecule has 0 aliphatic carbocycles. The zero-order valence-corrected chi connectivity index (χ0v) is 15.7. The molecule has 0 saturated carbocycles. The van der Waals surface area contributed by atoms with Crippen LogP contribution in [0.15, 0.2) is 48.5 Å². The van der Waals surface area contributed by atoms with Crippen molar-refractivity contribution in [2.45, 2.75) is 31.8 Å². The number of amides is 2. The lowest BCUT2D eigenvalue weighted by Crippen LogP contribution is -2.46. The normalized spacial score (nSPS) is 16.1. The summed E-state index contributed by atoms with van der Waals surface area (Å²) in [4.78, 5) is 24.3. The highest BCUT2D eigenvalue weighted by Crippen LogP contribution is 2.12. The molecule has 0 spiro atoms. The van der Waals surface area contributed by atoms with Gasteiger partial charge in [0.2, 0.25) is 5.91 Å². The number of hydrogen-bond acceptors (Lipinski definition) is 3. The second-order valence-electron chi connectivity index (χ2n) is 6.38. The quantitative estimate of drug-likeness (QED) is 0.732. The fourth-order valence-electron chi connectivity index (χ4n) is 2.90. The van der Waals surface area contributed by atoms with Crippen LogP contribution < -0.4 is 16.0 Å². The van der Waals surface area contributed by atoms with Gasteiger partial charge in [0.1, 0.15) is 5.82 Å². The topological polar surface area (TPSA) is 70.2 Å². The van der Waals surface area contributed by atoms with Gasteiger partial charge in [0.15, 0.2) is 0 Å². The van der Waals surface area contributed by atoms with Crippen molar-refractivity contribution in [1.29, 1.82) is 0 Å². The second kappa shape index (κ2) is 10.0. The highest BCUT2D eigenvalue weighted by atomic mass is 35.5. The van der Waals surface area contributed by atoms with E-state index in [1.807, 2.05) is 12.1 Å². The van der Waals surface area contributed by atoms with E-state index in [9.17, 15) is 14.0 Å². The summed E-state index contributed by atoms with van der Waals surface area (Å²) >= 11 is 0. The van der Waals surface area contributed by atoms with Gasteiger partial charge in [-0.2, -0.15) is 0 Å². The van der Waals surface area contributed by atoms with Crippen LogP contribution in [0.3, 0.4) is 0 Å². The van der Waals surface area contributed by atoms with Crippen molar-refractivity contribution in [3.63, 3.8) is 0 Å². The Balaban J connectivity index is 0.00000261. The first-order valence-electron chi connectivity index (χ1n) is 8.79. The molecule has 1 aliphatic rings. The average Bonchev–Trinajstić information content (AvgIpc) is 2.69. The van der Waals surface area contributed by atoms with Crippen LogP contribution in [0.4, 0.5) is 10.1 Å². The Hall–Kier alpha value is -2.44. The standard InChI is InChI=1S/C20H22FN3O2.ClH/c21-16-8-10-17(11-9-16)24-19(25)15-6-4-14(5-7-15)13-23-20(26)18-3-1-2-12-22-18;/h4-11,18,22H,1-3,12-13H2,(H,23,26)(H,24,25);1H. The molecule has 3 rings (SSSR count). The van der Waals surface area contributed by atoms with Gasteiger partial charge in [0.25, 0.3) is 5.91 Å². The SMILES string of the molecule is Cl.O=C(Nc1ccc(F)cc1)c1ccc(CNC(=O)C2CCCCN2)cc1. The van der Waals surface area contributed by atoms with Gasteiger partial charge in [-0.05, 0) is 61.3 Å². The zero-order chi connectivity index (χ0) is 18.4. The summed E-state index contributed by atoms with van der Waals surface area (Å²) in [5.74, 6) is -0.598. The molecule has 144 valence electrons. The number of hydrogen-bond donors (Lipinski definition) is 3. The summed E-state index contributed by atoms with van der Waals surface area (Å²) in [5.41, 5.74) is 1.96. The van der Waals surface area contributed by atoms with Gasteiger partial charge in [-0.1, -0.05) is 18.6 Å². The number of carbonyl (C=O) groups excluding carboxylic acids is 2. The molecule has 0 bridgehead atoms. The maximum absolute atomic E-state index is 12.9. The molecule has 1 fully saturated rings. The summed E-state index contributed by atoms with van der Waals surface area (Å²) in [5, 5.41) is 8.86. The van der Waals surface area contributed by atoms with Crippen LogP contribution in [0.2, 0.25) is 0 Å². The summed E-state index contributed by atoms with van der Waals surface area (Å²) in [6.07, 6.45) is 3.06. The molecule has 7 heteroatoms. The largest absolute Gasteiger partial charge is 0.351 e. The lowest BCUT2D eigenvalue weighted by molar-refractivity contribution is -0.123. The lowest BCUT2D eigenvalue weighted by Gasteiger charge is -2.22. The Morgan fingerprint density at radius 3 is 2.37 bits per heavy atom. The van der Waals surface area contributed by atoms with Crippen LogP contribution in [-0.4, -0.2) is 24.4 Å². The Morgan fingerprint density at radius 1 is 1.04 bits per heavy atom. The van der Waals surface area contributed by atoms with Crippen LogP contribution in [0, 0.1) is 5.82 Å². The van der Waals surface area contributed by atoms with Crippen LogP contribution in [0.5, 0.6) is 0 Å². The van der Waals surface area contributed by atoms with Crippen molar-refractivity contribution in [3.8, 4) is 0 Å². The van der Waals surface area contributed by atoms with Crippen LogP contribution in [0.25, 0.3) is 0 Å². The molecule has 2 aromatic carbocycles. The molecule has 0 aromatic heterocycles. The van der Waals surface area contributed by atoms with E-state index in [4.69, 9.17) is 0 Å². The third-order valence-electron chi connectivity index (χ3n) is 4.41. The number of anilines is 1. The Labute approximate surface area is 164 Å². The molecule has 2 aromatic rings. The molecule has 1 unspecified atom stereocenters. The highest BCUT2D eigenvalue weighted by Gasteiger charge is 2.19. The molecule has 0 radical (unpaired) electrons. The molecular formula is C20H23ClFN3O2. The van der Waals surface area contributed by atoms with Gasteiger partial charge in [-0.25, -0.2) is 4.39 Å². The van der Waals surface area contributed by atoms with E-state index < -0.39 is 0 Å². The minimum Gasteiger partial charge on any atom is -0.351 e. The first kappa shape index (κ1) is 20.9. The Bertz CT molecular complexity index is 760. The average molecular weight is 392 g/mol. The van der Waals surface area contributed by atoms with Gasteiger partial charge in [0.05, 0.1) is 6.04 Å². The molecule has 5 nitrogen and oxygen atoms in total. The van der Waals surface area contributed by atoms with Crippen LogP contribution in [0.1, 0.15) is 35.2 Å². The zero-order valence-electron chi connectivity index (χ0n) is 14.8. The summed E-state index contributed by atoms with van der Waals surface area (Å²) in [7, 11) is 0. The van der Waals surface area contributed by atoms with E-state index in [2.05, 4.69) is 16.0 Å². The smallest absolute Gasteiger partial charge is 0.255 e. The van der Waals surface area contributed by atoms with E-state index in [0.717, 1.165) is 31.4 Å².